The fourth-order valence-electron chi connectivity index (χ4n) is 1.54. The van der Waals surface area contributed by atoms with E-state index >= 15 is 0 Å². The van der Waals surface area contributed by atoms with Crippen LogP contribution in [-0.4, -0.2) is 25.2 Å². The average Bonchev–Trinajstić information content (AvgIpc) is 2.14. The Morgan fingerprint density at radius 2 is 2.00 bits per heavy atom. The highest BCUT2D eigenvalue weighted by molar-refractivity contribution is 5.74. The highest BCUT2D eigenvalue weighted by Gasteiger charge is 2.09. The van der Waals surface area contributed by atoms with Crippen LogP contribution in [0.4, 0.5) is 4.79 Å². The molecular formula is C11H25N3O. The van der Waals surface area contributed by atoms with Crippen molar-refractivity contribution in [1.82, 2.24) is 10.6 Å². The Balaban J connectivity index is 3.72. The molecule has 4 nitrogen and oxygen atoms in total. The van der Waals surface area contributed by atoms with Gasteiger partial charge in [-0.05, 0) is 39.2 Å². The van der Waals surface area contributed by atoms with E-state index in [1.54, 1.807) is 0 Å². The van der Waals surface area contributed by atoms with Crippen molar-refractivity contribution in [3.63, 3.8) is 0 Å². The van der Waals surface area contributed by atoms with Crippen LogP contribution >= 0.6 is 0 Å². The topological polar surface area (TPSA) is 67.1 Å². The van der Waals surface area contributed by atoms with Crippen LogP contribution in [0.25, 0.3) is 0 Å². The molecule has 0 spiro atoms. The number of nitrogens with two attached hydrogens (primary N) is 1. The van der Waals surface area contributed by atoms with Crippen LogP contribution < -0.4 is 16.4 Å². The van der Waals surface area contributed by atoms with Gasteiger partial charge in [0.1, 0.15) is 0 Å². The van der Waals surface area contributed by atoms with Crippen molar-refractivity contribution in [2.24, 2.45) is 11.7 Å². The minimum Gasteiger partial charge on any atom is -0.338 e. The number of hydrogen-bond acceptors (Lipinski definition) is 2. The van der Waals surface area contributed by atoms with Gasteiger partial charge in [0.15, 0.2) is 0 Å². The molecule has 0 aliphatic heterocycles. The van der Waals surface area contributed by atoms with E-state index in [4.69, 9.17) is 5.73 Å². The maximum absolute atomic E-state index is 11.3. The second-order valence-electron chi connectivity index (χ2n) is 4.24. The molecule has 1 atom stereocenters. The molecule has 0 heterocycles. The Hall–Kier alpha value is -0.770. The van der Waals surface area contributed by atoms with Crippen LogP contribution in [0.5, 0.6) is 0 Å². The molecule has 15 heavy (non-hydrogen) atoms. The van der Waals surface area contributed by atoms with Crippen molar-refractivity contribution in [3.8, 4) is 0 Å². The third-order valence-electron chi connectivity index (χ3n) is 2.24. The predicted molar refractivity (Wildman–Crippen MR) is 63.7 cm³/mol. The highest BCUT2D eigenvalue weighted by Crippen LogP contribution is 2.08. The van der Waals surface area contributed by atoms with Crippen molar-refractivity contribution in [2.45, 2.75) is 46.1 Å². The quantitative estimate of drug-likeness (QED) is 0.602. The second-order valence-corrected chi connectivity index (χ2v) is 4.24. The van der Waals surface area contributed by atoms with Gasteiger partial charge >= 0.3 is 6.03 Å². The van der Waals surface area contributed by atoms with Gasteiger partial charge in [-0.15, -0.1) is 0 Å². The second kappa shape index (κ2) is 8.53. The standard InChI is InChI=1S/C11H25N3O/c1-4-5-10(6-7-12)8-13-11(15)14-9(2)3/h9-10H,4-8,12H2,1-3H3,(H2,13,14,15). The molecule has 0 saturated heterocycles. The summed E-state index contributed by atoms with van der Waals surface area (Å²) in [5.41, 5.74) is 5.52. The number of rotatable bonds is 7. The Kier molecular flexibility index (Phi) is 8.09. The van der Waals surface area contributed by atoms with Crippen molar-refractivity contribution < 1.29 is 4.79 Å². The molecule has 0 aromatic carbocycles. The fraction of sp³-hybridized carbons (Fsp3) is 0.909. The first-order valence-corrected chi connectivity index (χ1v) is 5.84. The molecule has 0 aromatic rings. The van der Waals surface area contributed by atoms with Gasteiger partial charge in [0.25, 0.3) is 0 Å². The van der Waals surface area contributed by atoms with Crippen LogP contribution in [0.3, 0.4) is 0 Å². The first-order valence-electron chi connectivity index (χ1n) is 5.84. The van der Waals surface area contributed by atoms with E-state index in [9.17, 15) is 4.79 Å². The van der Waals surface area contributed by atoms with E-state index in [1.165, 1.54) is 0 Å². The summed E-state index contributed by atoms with van der Waals surface area (Å²) in [6.45, 7) is 7.46. The van der Waals surface area contributed by atoms with Crippen molar-refractivity contribution in [3.05, 3.63) is 0 Å². The van der Waals surface area contributed by atoms with E-state index in [0.717, 1.165) is 25.8 Å². The van der Waals surface area contributed by atoms with Gasteiger partial charge in [0.2, 0.25) is 0 Å². The third kappa shape index (κ3) is 8.24. The summed E-state index contributed by atoms with van der Waals surface area (Å²) in [5, 5.41) is 5.68. The zero-order valence-electron chi connectivity index (χ0n) is 10.2. The Labute approximate surface area is 93.0 Å². The lowest BCUT2D eigenvalue weighted by Gasteiger charge is -2.17. The molecule has 1 unspecified atom stereocenters. The smallest absolute Gasteiger partial charge is 0.314 e. The van der Waals surface area contributed by atoms with Crippen LogP contribution in [0, 0.1) is 5.92 Å². The molecule has 0 aromatic heterocycles. The summed E-state index contributed by atoms with van der Waals surface area (Å²) < 4.78 is 0. The number of nitrogens with one attached hydrogen (secondary N) is 2. The predicted octanol–water partition coefficient (Wildman–Crippen LogP) is 1.46. The van der Waals surface area contributed by atoms with Crippen molar-refractivity contribution in [2.75, 3.05) is 13.1 Å². The number of amides is 2. The summed E-state index contributed by atoms with van der Waals surface area (Å²) in [6, 6.07) is 0.104. The van der Waals surface area contributed by atoms with Crippen molar-refractivity contribution in [1.29, 1.82) is 0 Å². The normalized spacial score (nSPS) is 12.6. The summed E-state index contributed by atoms with van der Waals surface area (Å²) in [6.07, 6.45) is 3.24. The molecule has 4 N–H and O–H groups in total. The van der Waals surface area contributed by atoms with Crippen LogP contribution in [0.2, 0.25) is 0 Å². The zero-order chi connectivity index (χ0) is 11.7. The number of urea groups is 1. The molecule has 2 amide bonds. The molecule has 4 heteroatoms. The number of hydrogen-bond donors (Lipinski definition) is 3. The van der Waals surface area contributed by atoms with E-state index < -0.39 is 0 Å². The number of carbonyl (C=O) groups excluding carboxylic acids is 1. The van der Waals surface area contributed by atoms with Gasteiger partial charge < -0.3 is 16.4 Å². The molecule has 0 aliphatic rings. The van der Waals surface area contributed by atoms with E-state index in [0.29, 0.717) is 12.5 Å². The third-order valence-corrected chi connectivity index (χ3v) is 2.24. The lowest BCUT2D eigenvalue weighted by molar-refractivity contribution is 0.235. The first kappa shape index (κ1) is 14.2. The molecule has 0 radical (unpaired) electrons. The number of carbonyl (C=O) groups is 1. The molecule has 90 valence electrons. The first-order chi connectivity index (χ1) is 7.10. The lowest BCUT2D eigenvalue weighted by Crippen LogP contribution is -2.41. The van der Waals surface area contributed by atoms with Crippen molar-refractivity contribution >= 4 is 6.03 Å². The van der Waals surface area contributed by atoms with Gasteiger partial charge in [-0.2, -0.15) is 0 Å². The largest absolute Gasteiger partial charge is 0.338 e. The summed E-state index contributed by atoms with van der Waals surface area (Å²) >= 11 is 0. The molecular weight excluding hydrogens is 190 g/mol. The average molecular weight is 215 g/mol. The molecule has 0 aliphatic carbocycles. The SMILES string of the molecule is CCCC(CCN)CNC(=O)NC(C)C. The van der Waals surface area contributed by atoms with E-state index in [1.807, 2.05) is 13.8 Å². The maximum atomic E-state index is 11.3. The highest BCUT2D eigenvalue weighted by atomic mass is 16.2. The molecule has 0 saturated carbocycles. The lowest BCUT2D eigenvalue weighted by atomic mass is 10.00. The Morgan fingerprint density at radius 1 is 1.33 bits per heavy atom. The minimum atomic E-state index is -0.0804. The van der Waals surface area contributed by atoms with Gasteiger partial charge in [-0.3, -0.25) is 0 Å². The molecule has 0 fully saturated rings. The van der Waals surface area contributed by atoms with Gasteiger partial charge in [-0.1, -0.05) is 13.3 Å². The van der Waals surface area contributed by atoms with Crippen LogP contribution in [0.1, 0.15) is 40.0 Å². The Morgan fingerprint density at radius 3 is 2.47 bits per heavy atom. The minimum absolute atomic E-state index is 0.0804. The maximum Gasteiger partial charge on any atom is 0.314 e. The Bertz CT molecular complexity index is 165. The van der Waals surface area contributed by atoms with E-state index in [-0.39, 0.29) is 12.1 Å². The van der Waals surface area contributed by atoms with Gasteiger partial charge in [0, 0.05) is 12.6 Å². The summed E-state index contributed by atoms with van der Waals surface area (Å²) in [5.74, 6) is 0.512. The van der Waals surface area contributed by atoms with E-state index in [2.05, 4.69) is 17.6 Å². The zero-order valence-corrected chi connectivity index (χ0v) is 10.2. The van der Waals surface area contributed by atoms with Gasteiger partial charge in [-0.25, -0.2) is 4.79 Å². The van der Waals surface area contributed by atoms with Crippen LogP contribution in [-0.2, 0) is 0 Å². The fourth-order valence-corrected chi connectivity index (χ4v) is 1.54. The van der Waals surface area contributed by atoms with Gasteiger partial charge in [0.05, 0.1) is 0 Å². The summed E-state index contributed by atoms with van der Waals surface area (Å²) in [4.78, 5) is 11.3. The monoisotopic (exact) mass is 215 g/mol. The van der Waals surface area contributed by atoms with Crippen LogP contribution in [0.15, 0.2) is 0 Å². The summed E-state index contributed by atoms with van der Waals surface area (Å²) in [7, 11) is 0. The molecule has 0 rings (SSSR count). The molecule has 0 bridgehead atoms.